The highest BCUT2D eigenvalue weighted by Crippen LogP contribution is 2.25. The van der Waals surface area contributed by atoms with Crippen LogP contribution in [0.3, 0.4) is 0 Å². The first-order chi connectivity index (χ1) is 9.59. The Morgan fingerprint density at radius 1 is 1.25 bits per heavy atom. The average molecular weight is 278 g/mol. The van der Waals surface area contributed by atoms with Gasteiger partial charge in [-0.2, -0.15) is 0 Å². The summed E-state index contributed by atoms with van der Waals surface area (Å²) < 4.78 is 10.9. The van der Waals surface area contributed by atoms with E-state index in [1.807, 2.05) is 26.8 Å². The number of benzene rings is 1. The van der Waals surface area contributed by atoms with Crippen molar-refractivity contribution in [3.63, 3.8) is 0 Å². The molecule has 0 unspecified atom stereocenters. The molecule has 0 bridgehead atoms. The van der Waals surface area contributed by atoms with Gasteiger partial charge in [-0.3, -0.25) is 0 Å². The van der Waals surface area contributed by atoms with Crippen LogP contribution in [-0.2, 0) is 4.74 Å². The minimum absolute atomic E-state index is 0.101. The van der Waals surface area contributed by atoms with E-state index in [1.165, 1.54) is 5.56 Å². The lowest BCUT2D eigenvalue weighted by atomic mass is 10.1. The number of aryl methyl sites for hydroxylation is 2. The molecule has 0 radical (unpaired) electrons. The van der Waals surface area contributed by atoms with Crippen LogP contribution >= 0.6 is 0 Å². The van der Waals surface area contributed by atoms with Crippen LogP contribution in [0.15, 0.2) is 12.1 Å². The zero-order valence-electron chi connectivity index (χ0n) is 12.4. The van der Waals surface area contributed by atoms with E-state index in [0.29, 0.717) is 26.3 Å². The Morgan fingerprint density at radius 2 is 1.90 bits per heavy atom. The van der Waals surface area contributed by atoms with Crippen molar-refractivity contribution in [2.24, 2.45) is 0 Å². The van der Waals surface area contributed by atoms with Gasteiger partial charge in [-0.25, -0.2) is 4.79 Å². The highest BCUT2D eigenvalue weighted by Gasteiger charge is 2.16. The summed E-state index contributed by atoms with van der Waals surface area (Å²) in [5, 5.41) is 2.78. The molecule has 1 saturated heterocycles. The number of amides is 2. The van der Waals surface area contributed by atoms with Crippen LogP contribution in [0.1, 0.15) is 16.7 Å². The van der Waals surface area contributed by atoms with E-state index in [2.05, 4.69) is 11.4 Å². The molecular weight excluding hydrogens is 256 g/mol. The molecule has 1 aromatic rings. The van der Waals surface area contributed by atoms with Gasteiger partial charge in [-0.15, -0.1) is 0 Å². The largest absolute Gasteiger partial charge is 0.473 e. The third kappa shape index (κ3) is 3.42. The number of carbonyl (C=O) groups excluding carboxylic acids is 1. The molecule has 2 amide bonds. The smallest absolute Gasteiger partial charge is 0.320 e. The first-order valence-electron chi connectivity index (χ1n) is 6.89. The van der Waals surface area contributed by atoms with Gasteiger partial charge >= 0.3 is 6.03 Å². The van der Waals surface area contributed by atoms with Crippen LogP contribution in [0.4, 0.5) is 4.79 Å². The first kappa shape index (κ1) is 14.7. The van der Waals surface area contributed by atoms with Gasteiger partial charge in [0.2, 0.25) is 0 Å². The highest BCUT2D eigenvalue weighted by atomic mass is 16.5. The summed E-state index contributed by atoms with van der Waals surface area (Å²) in [6, 6.07) is 4.00. The first-order valence-corrected chi connectivity index (χ1v) is 6.89. The van der Waals surface area contributed by atoms with E-state index >= 15 is 0 Å². The third-order valence-electron chi connectivity index (χ3n) is 3.61. The molecule has 0 spiro atoms. The van der Waals surface area contributed by atoms with Gasteiger partial charge in [0.25, 0.3) is 0 Å². The second kappa shape index (κ2) is 6.61. The van der Waals surface area contributed by atoms with Gasteiger partial charge < -0.3 is 19.7 Å². The molecule has 1 aromatic carbocycles. The van der Waals surface area contributed by atoms with Crippen molar-refractivity contribution < 1.29 is 14.3 Å². The molecule has 20 heavy (non-hydrogen) atoms. The van der Waals surface area contributed by atoms with E-state index in [4.69, 9.17) is 9.47 Å². The maximum absolute atomic E-state index is 11.9. The van der Waals surface area contributed by atoms with E-state index < -0.39 is 0 Å². The quantitative estimate of drug-likeness (QED) is 0.860. The van der Waals surface area contributed by atoms with Gasteiger partial charge in [0.1, 0.15) is 5.75 Å². The van der Waals surface area contributed by atoms with Crippen molar-refractivity contribution in [3.05, 3.63) is 28.8 Å². The van der Waals surface area contributed by atoms with Crippen molar-refractivity contribution in [3.8, 4) is 5.75 Å². The Hall–Kier alpha value is -1.75. The van der Waals surface area contributed by atoms with E-state index in [-0.39, 0.29) is 12.8 Å². The summed E-state index contributed by atoms with van der Waals surface area (Å²) in [5.74, 6) is 0.854. The minimum atomic E-state index is -0.101. The SMILES string of the molecule is Cc1ccc(C)c(OCNC(=O)N2CCOCC2)c1C. The van der Waals surface area contributed by atoms with Crippen LogP contribution in [0.2, 0.25) is 0 Å². The summed E-state index contributed by atoms with van der Waals surface area (Å²) in [7, 11) is 0. The number of urea groups is 1. The van der Waals surface area contributed by atoms with E-state index in [1.54, 1.807) is 4.90 Å². The molecular formula is C15H22N2O3. The van der Waals surface area contributed by atoms with Crippen LogP contribution < -0.4 is 10.1 Å². The van der Waals surface area contributed by atoms with Crippen molar-refractivity contribution in [2.45, 2.75) is 20.8 Å². The molecule has 110 valence electrons. The molecule has 1 aliphatic heterocycles. The fraction of sp³-hybridized carbons (Fsp3) is 0.533. The maximum Gasteiger partial charge on any atom is 0.320 e. The highest BCUT2D eigenvalue weighted by molar-refractivity contribution is 5.74. The molecule has 0 aliphatic carbocycles. The van der Waals surface area contributed by atoms with Gasteiger partial charge in [-0.05, 0) is 37.5 Å². The molecule has 0 aromatic heterocycles. The number of hydrogen-bond acceptors (Lipinski definition) is 3. The summed E-state index contributed by atoms with van der Waals surface area (Å²) in [6.07, 6.45) is 0. The number of morpholine rings is 1. The predicted molar refractivity (Wildman–Crippen MR) is 77.1 cm³/mol. The van der Waals surface area contributed by atoms with Crippen LogP contribution in [0.5, 0.6) is 5.75 Å². The summed E-state index contributed by atoms with van der Waals surface area (Å²) in [4.78, 5) is 13.6. The fourth-order valence-corrected chi connectivity index (χ4v) is 2.20. The molecule has 5 heteroatoms. The topological polar surface area (TPSA) is 50.8 Å². The normalized spacial score (nSPS) is 15.1. The minimum Gasteiger partial charge on any atom is -0.473 e. The Bertz CT molecular complexity index is 482. The molecule has 1 N–H and O–H groups in total. The van der Waals surface area contributed by atoms with Crippen molar-refractivity contribution in [1.82, 2.24) is 10.2 Å². The number of carbonyl (C=O) groups is 1. The number of hydrogen-bond donors (Lipinski definition) is 1. The monoisotopic (exact) mass is 278 g/mol. The molecule has 0 atom stereocenters. The molecule has 0 saturated carbocycles. The molecule has 5 nitrogen and oxygen atoms in total. The molecule has 1 aliphatic rings. The van der Waals surface area contributed by atoms with Crippen molar-refractivity contribution >= 4 is 6.03 Å². The summed E-state index contributed by atoms with van der Waals surface area (Å²) >= 11 is 0. The Balaban J connectivity index is 1.86. The molecule has 2 rings (SSSR count). The zero-order chi connectivity index (χ0) is 14.5. The van der Waals surface area contributed by atoms with Crippen molar-refractivity contribution in [2.75, 3.05) is 33.0 Å². The van der Waals surface area contributed by atoms with E-state index in [0.717, 1.165) is 16.9 Å². The lowest BCUT2D eigenvalue weighted by Gasteiger charge is -2.27. The summed E-state index contributed by atoms with van der Waals surface area (Å²) in [6.45, 7) is 8.74. The van der Waals surface area contributed by atoms with Gasteiger partial charge in [0.15, 0.2) is 6.73 Å². The van der Waals surface area contributed by atoms with Crippen LogP contribution in [0.25, 0.3) is 0 Å². The Labute approximate surface area is 119 Å². The lowest BCUT2D eigenvalue weighted by Crippen LogP contribution is -2.47. The zero-order valence-corrected chi connectivity index (χ0v) is 12.4. The second-order valence-electron chi connectivity index (χ2n) is 5.02. The van der Waals surface area contributed by atoms with Gasteiger partial charge in [0.05, 0.1) is 13.2 Å². The molecule has 1 fully saturated rings. The average Bonchev–Trinajstić information content (AvgIpc) is 2.47. The number of nitrogens with zero attached hydrogens (tertiary/aromatic N) is 1. The van der Waals surface area contributed by atoms with Gasteiger partial charge in [-0.1, -0.05) is 12.1 Å². The summed E-state index contributed by atoms with van der Waals surface area (Å²) in [5.41, 5.74) is 3.38. The van der Waals surface area contributed by atoms with Crippen LogP contribution in [-0.4, -0.2) is 44.0 Å². The number of ether oxygens (including phenoxy) is 2. The Kier molecular flexibility index (Phi) is 4.84. The van der Waals surface area contributed by atoms with E-state index in [9.17, 15) is 4.79 Å². The predicted octanol–water partition coefficient (Wildman–Crippen LogP) is 1.99. The van der Waals surface area contributed by atoms with Gasteiger partial charge in [0, 0.05) is 13.1 Å². The second-order valence-corrected chi connectivity index (χ2v) is 5.02. The Morgan fingerprint density at radius 3 is 2.60 bits per heavy atom. The fourth-order valence-electron chi connectivity index (χ4n) is 2.20. The molecule has 1 heterocycles. The van der Waals surface area contributed by atoms with Crippen molar-refractivity contribution in [1.29, 1.82) is 0 Å². The maximum atomic E-state index is 11.9. The lowest BCUT2D eigenvalue weighted by molar-refractivity contribution is 0.0518. The third-order valence-corrected chi connectivity index (χ3v) is 3.61. The van der Waals surface area contributed by atoms with Crippen LogP contribution in [0, 0.1) is 20.8 Å². The number of rotatable bonds is 3. The standard InChI is InChI=1S/C15H22N2O3/c1-11-4-5-12(2)14(13(11)3)20-10-16-15(18)17-6-8-19-9-7-17/h4-5H,6-10H2,1-3H3,(H,16,18). The number of nitrogens with one attached hydrogen (secondary N) is 1.